The molecule has 10 atom stereocenters. The second-order valence-electron chi connectivity index (χ2n) is 13.4. The average molecular weight is 759 g/mol. The molecule has 11 N–H and O–H groups in total. The number of ether oxygens (including phenoxy) is 1. The molecule has 17 heteroatoms. The monoisotopic (exact) mass is 758 g/mol. The van der Waals surface area contributed by atoms with Crippen molar-refractivity contribution in [1.29, 1.82) is 0 Å². The molecule has 0 spiro atoms. The molecule has 0 aromatic heterocycles. The Kier molecular flexibility index (Phi) is 15.6. The Bertz CT molecular complexity index is 1540. The van der Waals surface area contributed by atoms with Gasteiger partial charge in [-0.25, -0.2) is 0 Å². The standard InChI is InChI=1S/C36H50N6O10S/c1-53-13-12-24(41-34(49)23(37)14-20-8-4-2-5-9-20)35(50)39-17-28(44)40-25(15-21-10-6-3-7-11-21)36(51)42-18-22(16-26(42)33(38)48)32-31(47)30(46)29(45)27(19-43)52-32/h2-11,22-27,29-32,43,45-47H,12-19,37H2,1H3,(H2,38,48)(H,39,50)(H,40,44)(H,41,49)/t22?,23-,24+,25-,26-,27+,29+,30-,31-,32+/m0/s1. The molecule has 2 saturated heterocycles. The molecule has 5 amide bonds. The Balaban J connectivity index is 1.44. The number of likely N-dealkylation sites (tertiary alicyclic amines) is 1. The summed E-state index contributed by atoms with van der Waals surface area (Å²) in [4.78, 5) is 67.4. The highest BCUT2D eigenvalue weighted by Gasteiger charge is 2.51. The van der Waals surface area contributed by atoms with Crippen LogP contribution in [0.4, 0.5) is 0 Å². The van der Waals surface area contributed by atoms with Crippen LogP contribution in [-0.4, -0.2) is 141 Å². The SMILES string of the molecule is CSCC[C@@H](NC(=O)[C@@H](N)Cc1ccccc1)C(=O)NCC(=O)N[C@@H](Cc1ccccc1)C(=O)N1CC([C@H]2O[C@H](CO)[C@@H](O)[C@H](O)[C@@H]2O)C[C@H]1C(N)=O. The van der Waals surface area contributed by atoms with Crippen molar-refractivity contribution < 1.29 is 49.1 Å². The Morgan fingerprint density at radius 3 is 2.09 bits per heavy atom. The van der Waals surface area contributed by atoms with Gasteiger partial charge in [-0.2, -0.15) is 11.8 Å². The molecule has 16 nitrogen and oxygen atoms in total. The first-order valence-corrected chi connectivity index (χ1v) is 18.8. The Hall–Kier alpha value is -4.10. The third-order valence-electron chi connectivity index (χ3n) is 9.56. The Labute approximate surface area is 312 Å². The smallest absolute Gasteiger partial charge is 0.246 e. The van der Waals surface area contributed by atoms with Gasteiger partial charge in [0.2, 0.25) is 29.5 Å². The molecule has 0 radical (unpaired) electrons. The summed E-state index contributed by atoms with van der Waals surface area (Å²) in [5, 5.41) is 48.8. The summed E-state index contributed by atoms with van der Waals surface area (Å²) in [6, 6.07) is 13.7. The molecule has 0 aliphatic carbocycles. The third kappa shape index (κ3) is 11.2. The highest BCUT2D eigenvalue weighted by atomic mass is 32.2. The topological polar surface area (TPSA) is 267 Å². The predicted molar refractivity (Wildman–Crippen MR) is 195 cm³/mol. The Morgan fingerprint density at radius 2 is 1.51 bits per heavy atom. The lowest BCUT2D eigenvalue weighted by Crippen LogP contribution is -2.60. The minimum Gasteiger partial charge on any atom is -0.394 e. The minimum absolute atomic E-state index is 0.0117. The molecule has 2 fully saturated rings. The summed E-state index contributed by atoms with van der Waals surface area (Å²) in [6.45, 7) is -1.34. The molecule has 2 heterocycles. The summed E-state index contributed by atoms with van der Waals surface area (Å²) in [5.74, 6) is -3.56. The molecule has 53 heavy (non-hydrogen) atoms. The van der Waals surface area contributed by atoms with Crippen molar-refractivity contribution in [3.8, 4) is 0 Å². The maximum Gasteiger partial charge on any atom is 0.246 e. The number of nitrogens with two attached hydrogens (primary N) is 2. The van der Waals surface area contributed by atoms with Crippen molar-refractivity contribution in [2.75, 3.05) is 31.7 Å². The number of aliphatic hydroxyl groups is 4. The zero-order valence-electron chi connectivity index (χ0n) is 29.5. The van der Waals surface area contributed by atoms with E-state index >= 15 is 0 Å². The van der Waals surface area contributed by atoms with Crippen LogP contribution in [0, 0.1) is 5.92 Å². The quantitative estimate of drug-likeness (QED) is 0.0792. The predicted octanol–water partition coefficient (Wildman–Crippen LogP) is -2.82. The fraction of sp³-hybridized carbons (Fsp3) is 0.528. The van der Waals surface area contributed by atoms with Gasteiger partial charge in [-0.15, -0.1) is 0 Å². The molecule has 2 aromatic carbocycles. The van der Waals surface area contributed by atoms with Crippen LogP contribution in [0.15, 0.2) is 60.7 Å². The molecule has 2 aliphatic rings. The van der Waals surface area contributed by atoms with E-state index < -0.39 is 103 Å². The summed E-state index contributed by atoms with van der Waals surface area (Å²) in [6.07, 6.45) is -4.82. The van der Waals surface area contributed by atoms with Crippen LogP contribution in [0.1, 0.15) is 24.0 Å². The lowest BCUT2D eigenvalue weighted by molar-refractivity contribution is -0.240. The van der Waals surface area contributed by atoms with E-state index in [-0.39, 0.29) is 32.2 Å². The summed E-state index contributed by atoms with van der Waals surface area (Å²) < 4.78 is 5.71. The first-order valence-electron chi connectivity index (χ1n) is 17.4. The number of thioether (sulfide) groups is 1. The van der Waals surface area contributed by atoms with E-state index in [2.05, 4.69) is 16.0 Å². The summed E-state index contributed by atoms with van der Waals surface area (Å²) >= 11 is 1.47. The number of carbonyl (C=O) groups is 5. The molecule has 4 rings (SSSR count). The third-order valence-corrected chi connectivity index (χ3v) is 10.2. The fourth-order valence-electron chi connectivity index (χ4n) is 6.67. The largest absolute Gasteiger partial charge is 0.394 e. The van der Waals surface area contributed by atoms with Gasteiger partial charge in [0.05, 0.1) is 25.3 Å². The summed E-state index contributed by atoms with van der Waals surface area (Å²) in [5.41, 5.74) is 13.4. The molecule has 0 bridgehead atoms. The van der Waals surface area contributed by atoms with Crippen LogP contribution in [-0.2, 0) is 41.6 Å². The summed E-state index contributed by atoms with van der Waals surface area (Å²) in [7, 11) is 0. The molecular formula is C36H50N6O10S. The maximum atomic E-state index is 14.1. The van der Waals surface area contributed by atoms with Crippen molar-refractivity contribution in [1.82, 2.24) is 20.9 Å². The van der Waals surface area contributed by atoms with E-state index in [0.717, 1.165) is 5.56 Å². The maximum absolute atomic E-state index is 14.1. The van der Waals surface area contributed by atoms with E-state index in [0.29, 0.717) is 11.3 Å². The second-order valence-corrected chi connectivity index (χ2v) is 14.4. The lowest BCUT2D eigenvalue weighted by atomic mass is 9.86. The van der Waals surface area contributed by atoms with Crippen molar-refractivity contribution in [2.45, 2.75) is 80.4 Å². The first-order chi connectivity index (χ1) is 25.3. The van der Waals surface area contributed by atoms with Crippen LogP contribution in [0.3, 0.4) is 0 Å². The number of nitrogens with one attached hydrogen (secondary N) is 3. The number of benzene rings is 2. The molecule has 290 valence electrons. The van der Waals surface area contributed by atoms with Crippen LogP contribution >= 0.6 is 11.8 Å². The number of hydrogen-bond donors (Lipinski definition) is 9. The van der Waals surface area contributed by atoms with Crippen LogP contribution < -0.4 is 27.4 Å². The normalized spacial score (nSPS) is 25.8. The zero-order valence-corrected chi connectivity index (χ0v) is 30.3. The first kappa shape index (κ1) is 41.7. The van der Waals surface area contributed by atoms with E-state index in [4.69, 9.17) is 16.2 Å². The minimum atomic E-state index is -1.65. The van der Waals surface area contributed by atoms with Crippen LogP contribution in [0.2, 0.25) is 0 Å². The van der Waals surface area contributed by atoms with Gasteiger partial charge < -0.3 is 57.5 Å². The van der Waals surface area contributed by atoms with E-state index in [9.17, 15) is 44.4 Å². The number of aliphatic hydroxyl groups excluding tert-OH is 4. The number of rotatable bonds is 17. The van der Waals surface area contributed by atoms with Crippen LogP contribution in [0.25, 0.3) is 0 Å². The highest BCUT2D eigenvalue weighted by molar-refractivity contribution is 7.98. The van der Waals surface area contributed by atoms with Gasteiger partial charge in [-0.3, -0.25) is 24.0 Å². The average Bonchev–Trinajstić information content (AvgIpc) is 3.60. The molecule has 0 saturated carbocycles. The van der Waals surface area contributed by atoms with Gasteiger partial charge in [0.25, 0.3) is 0 Å². The van der Waals surface area contributed by atoms with Gasteiger partial charge in [-0.05, 0) is 42.4 Å². The zero-order chi connectivity index (χ0) is 38.7. The molecular weight excluding hydrogens is 708 g/mol. The van der Waals surface area contributed by atoms with E-state index in [1.165, 1.54) is 16.7 Å². The molecule has 2 aromatic rings. The van der Waals surface area contributed by atoms with Gasteiger partial charge in [-0.1, -0.05) is 60.7 Å². The number of amides is 5. The number of carbonyl (C=O) groups excluding carboxylic acids is 5. The van der Waals surface area contributed by atoms with Crippen molar-refractivity contribution in [2.24, 2.45) is 17.4 Å². The number of nitrogens with zero attached hydrogens (tertiary/aromatic N) is 1. The molecule has 1 unspecified atom stereocenters. The van der Waals surface area contributed by atoms with Crippen molar-refractivity contribution >= 4 is 41.3 Å². The number of hydrogen-bond acceptors (Lipinski definition) is 12. The van der Waals surface area contributed by atoms with Crippen molar-refractivity contribution in [3.05, 3.63) is 71.8 Å². The number of primary amides is 1. The van der Waals surface area contributed by atoms with Gasteiger partial charge >= 0.3 is 0 Å². The van der Waals surface area contributed by atoms with Crippen molar-refractivity contribution in [3.63, 3.8) is 0 Å². The van der Waals surface area contributed by atoms with Gasteiger partial charge in [0.15, 0.2) is 0 Å². The van der Waals surface area contributed by atoms with E-state index in [1.54, 1.807) is 30.3 Å². The second kappa shape index (κ2) is 19.8. The van der Waals surface area contributed by atoms with Gasteiger partial charge in [0.1, 0.15) is 42.5 Å². The lowest BCUT2D eigenvalue weighted by Gasteiger charge is -2.42. The molecule has 2 aliphatic heterocycles. The van der Waals surface area contributed by atoms with Gasteiger partial charge in [0, 0.05) is 18.9 Å². The van der Waals surface area contributed by atoms with E-state index in [1.807, 2.05) is 36.6 Å². The Morgan fingerprint density at radius 1 is 0.887 bits per heavy atom. The van der Waals surface area contributed by atoms with Crippen LogP contribution in [0.5, 0.6) is 0 Å². The fourth-order valence-corrected chi connectivity index (χ4v) is 7.14. The highest BCUT2D eigenvalue weighted by Crippen LogP contribution is 2.34.